The van der Waals surface area contributed by atoms with Crippen molar-refractivity contribution >= 4 is 29.4 Å². The molecule has 0 saturated carbocycles. The molecular weight excluding hydrogens is 385 g/mol. The minimum atomic E-state index is -0.982. The molecule has 2 aromatic carbocycles. The summed E-state index contributed by atoms with van der Waals surface area (Å²) in [5, 5.41) is 42.7. The molecule has 3 rings (SSSR count). The second-order valence-electron chi connectivity index (χ2n) is 5.21. The van der Waals surface area contributed by atoms with Crippen LogP contribution in [0.2, 0.25) is 5.02 Å². The molecule has 0 aliphatic heterocycles. The summed E-state index contributed by atoms with van der Waals surface area (Å²) in [5.41, 5.74) is -0.592. The highest BCUT2D eigenvalue weighted by Gasteiger charge is 2.28. The van der Waals surface area contributed by atoms with Gasteiger partial charge in [-0.2, -0.15) is 4.98 Å². The fraction of sp³-hybridized carbons (Fsp3) is 0. The van der Waals surface area contributed by atoms with E-state index in [1.807, 2.05) is 0 Å². The fourth-order valence-electron chi connectivity index (χ4n) is 2.16. The first-order valence-electron chi connectivity index (χ1n) is 7.17. The molecule has 3 aromatic rings. The molecule has 0 spiro atoms. The lowest BCUT2D eigenvalue weighted by molar-refractivity contribution is -0.385. The number of halogens is 2. The Hall–Kier alpha value is -3.66. The molecule has 138 valence electrons. The molecule has 1 aromatic heterocycles. The summed E-state index contributed by atoms with van der Waals surface area (Å²) in [6, 6.07) is 4.62. The first kappa shape index (κ1) is 18.1. The van der Waals surface area contributed by atoms with E-state index in [0.29, 0.717) is 5.56 Å². The lowest BCUT2D eigenvalue weighted by Gasteiger charge is -2.04. The highest BCUT2D eigenvalue weighted by molar-refractivity contribution is 6.35. The van der Waals surface area contributed by atoms with Crippen LogP contribution in [0.5, 0.6) is 17.2 Å². The van der Waals surface area contributed by atoms with Gasteiger partial charge in [-0.3, -0.25) is 10.1 Å². The quantitative estimate of drug-likeness (QED) is 0.345. The molecule has 0 aliphatic carbocycles. The summed E-state index contributed by atoms with van der Waals surface area (Å²) in [5.74, 6) is -3.25. The van der Waals surface area contributed by atoms with Gasteiger partial charge in [0.2, 0.25) is 5.75 Å². The maximum absolute atomic E-state index is 13.0. The summed E-state index contributed by atoms with van der Waals surface area (Å²) >= 11 is 5.91. The number of nitro benzene ring substituents is 1. The van der Waals surface area contributed by atoms with Crippen LogP contribution in [0.4, 0.5) is 10.1 Å². The zero-order chi connectivity index (χ0) is 19.7. The average Bonchev–Trinajstić information content (AvgIpc) is 3.08. The van der Waals surface area contributed by atoms with Crippen molar-refractivity contribution in [2.75, 3.05) is 0 Å². The number of aromatic hydroxyl groups is 3. The Kier molecular flexibility index (Phi) is 4.65. The number of aromatic nitrogens is 2. The van der Waals surface area contributed by atoms with Gasteiger partial charge >= 0.3 is 5.69 Å². The second kappa shape index (κ2) is 6.92. The van der Waals surface area contributed by atoms with Gasteiger partial charge in [-0.25, -0.2) is 4.39 Å². The third-order valence-corrected chi connectivity index (χ3v) is 3.82. The normalized spacial score (nSPS) is 11.2. The van der Waals surface area contributed by atoms with Gasteiger partial charge in [0.1, 0.15) is 5.02 Å². The predicted molar refractivity (Wildman–Crippen MR) is 91.7 cm³/mol. The molecule has 0 aliphatic rings. The molecule has 0 unspecified atom stereocenters. The van der Waals surface area contributed by atoms with Crippen molar-refractivity contribution < 1.29 is 29.2 Å². The van der Waals surface area contributed by atoms with Crippen LogP contribution in [-0.2, 0) is 0 Å². The largest absolute Gasteiger partial charge is 0.505 e. The van der Waals surface area contributed by atoms with Crippen molar-refractivity contribution in [3.8, 4) is 28.7 Å². The predicted octanol–water partition coefficient (Wildman–Crippen LogP) is 3.72. The topological polar surface area (TPSA) is 143 Å². The van der Waals surface area contributed by atoms with Gasteiger partial charge in [0.15, 0.2) is 23.1 Å². The highest BCUT2D eigenvalue weighted by atomic mass is 35.5. The Morgan fingerprint density at radius 1 is 1.19 bits per heavy atom. The lowest BCUT2D eigenvalue weighted by Crippen LogP contribution is -1.93. The van der Waals surface area contributed by atoms with Crippen molar-refractivity contribution in [3.63, 3.8) is 0 Å². The first-order chi connectivity index (χ1) is 12.8. The van der Waals surface area contributed by atoms with E-state index in [1.165, 1.54) is 24.3 Å². The Bertz CT molecular complexity index is 1080. The summed E-state index contributed by atoms with van der Waals surface area (Å²) in [6.45, 7) is 0. The number of rotatable bonds is 4. The molecule has 0 fully saturated rings. The van der Waals surface area contributed by atoms with Gasteiger partial charge in [0.05, 0.1) is 10.5 Å². The van der Waals surface area contributed by atoms with E-state index in [0.717, 1.165) is 12.1 Å². The first-order valence-corrected chi connectivity index (χ1v) is 7.55. The van der Waals surface area contributed by atoms with Crippen molar-refractivity contribution in [2.24, 2.45) is 0 Å². The Balaban J connectivity index is 1.95. The van der Waals surface area contributed by atoms with E-state index in [-0.39, 0.29) is 17.3 Å². The van der Waals surface area contributed by atoms with Gasteiger partial charge < -0.3 is 19.8 Å². The molecule has 0 atom stereocenters. The van der Waals surface area contributed by atoms with Gasteiger partial charge in [0.25, 0.3) is 5.89 Å². The summed E-state index contributed by atoms with van der Waals surface area (Å²) in [6.07, 6.45) is 2.84. The lowest BCUT2D eigenvalue weighted by atomic mass is 10.1. The van der Waals surface area contributed by atoms with Gasteiger partial charge in [-0.1, -0.05) is 28.9 Å². The van der Waals surface area contributed by atoms with Gasteiger partial charge in [-0.15, -0.1) is 0 Å². The van der Waals surface area contributed by atoms with Crippen LogP contribution in [0.15, 0.2) is 28.8 Å². The van der Waals surface area contributed by atoms with Crippen molar-refractivity contribution in [2.45, 2.75) is 0 Å². The highest BCUT2D eigenvalue weighted by Crippen LogP contribution is 2.46. The zero-order valence-corrected chi connectivity index (χ0v) is 13.9. The van der Waals surface area contributed by atoms with Crippen molar-refractivity contribution in [1.29, 1.82) is 0 Å². The second-order valence-corrected chi connectivity index (χ2v) is 5.59. The van der Waals surface area contributed by atoms with Gasteiger partial charge in [-0.05, 0) is 29.8 Å². The van der Waals surface area contributed by atoms with Crippen LogP contribution >= 0.6 is 11.6 Å². The number of nitrogens with zero attached hydrogens (tertiary/aromatic N) is 3. The van der Waals surface area contributed by atoms with E-state index >= 15 is 0 Å². The van der Waals surface area contributed by atoms with E-state index in [4.69, 9.17) is 16.1 Å². The number of phenolic OH excluding ortho intramolecular Hbond substituents is 3. The maximum Gasteiger partial charge on any atom is 0.333 e. The smallest absolute Gasteiger partial charge is 0.333 e. The minimum absolute atomic E-state index is 0.0418. The zero-order valence-electron chi connectivity index (χ0n) is 13.1. The van der Waals surface area contributed by atoms with Crippen molar-refractivity contribution in [1.82, 2.24) is 10.1 Å². The number of phenols is 3. The molecule has 0 radical (unpaired) electrons. The number of benzene rings is 2. The van der Waals surface area contributed by atoms with E-state index in [9.17, 15) is 29.8 Å². The number of hydrogen-bond donors (Lipinski definition) is 3. The molecule has 0 bridgehead atoms. The maximum atomic E-state index is 13.0. The Morgan fingerprint density at radius 3 is 2.59 bits per heavy atom. The van der Waals surface area contributed by atoms with Crippen LogP contribution in [0.25, 0.3) is 23.6 Å². The van der Waals surface area contributed by atoms with Crippen LogP contribution < -0.4 is 0 Å². The van der Waals surface area contributed by atoms with Crippen LogP contribution in [0.1, 0.15) is 11.4 Å². The molecule has 0 saturated heterocycles. The fourth-order valence-corrected chi connectivity index (χ4v) is 2.45. The Labute approximate surface area is 154 Å². The number of hydrogen-bond acceptors (Lipinski definition) is 8. The molecule has 27 heavy (non-hydrogen) atoms. The Morgan fingerprint density at radius 2 is 1.93 bits per heavy atom. The summed E-state index contributed by atoms with van der Waals surface area (Å²) in [7, 11) is 0. The summed E-state index contributed by atoms with van der Waals surface area (Å²) in [4.78, 5) is 14.0. The van der Waals surface area contributed by atoms with Crippen LogP contribution in [0, 0.1) is 15.9 Å². The van der Waals surface area contributed by atoms with Crippen molar-refractivity contribution in [3.05, 3.63) is 56.6 Å². The molecule has 1 heterocycles. The van der Waals surface area contributed by atoms with Gasteiger partial charge in [0, 0.05) is 0 Å². The molecular formula is C16H9ClFN3O6. The van der Waals surface area contributed by atoms with E-state index in [2.05, 4.69) is 10.1 Å². The van der Waals surface area contributed by atoms with E-state index < -0.39 is 38.7 Å². The molecule has 11 heteroatoms. The summed E-state index contributed by atoms with van der Waals surface area (Å²) < 4.78 is 18.0. The van der Waals surface area contributed by atoms with E-state index in [1.54, 1.807) is 0 Å². The average molecular weight is 394 g/mol. The molecule has 3 N–H and O–H groups in total. The molecule has 0 amide bonds. The third-order valence-electron chi connectivity index (χ3n) is 3.44. The van der Waals surface area contributed by atoms with Crippen LogP contribution in [-0.4, -0.2) is 30.4 Å². The standard InChI is InChI=1S/C16H9ClFN3O6/c17-13-8(6-11(23)15(24)14(13)21(25)26)16-19-12(20-27-16)4-2-7-1-3-9(18)10(22)5-7/h1-6,22-24H/b4-2+. The minimum Gasteiger partial charge on any atom is -0.505 e. The number of nitro groups is 1. The SMILES string of the molecule is O=[N+]([O-])c1c(O)c(O)cc(-c2nc(/C=C/c3ccc(F)c(O)c3)no2)c1Cl. The van der Waals surface area contributed by atoms with Crippen LogP contribution in [0.3, 0.4) is 0 Å². The monoisotopic (exact) mass is 393 g/mol. The molecule has 9 nitrogen and oxygen atoms in total. The third kappa shape index (κ3) is 3.51.